The van der Waals surface area contributed by atoms with Gasteiger partial charge in [0.25, 0.3) is 0 Å². The summed E-state index contributed by atoms with van der Waals surface area (Å²) in [5.41, 5.74) is 0. The van der Waals surface area contributed by atoms with Gasteiger partial charge in [-0.15, -0.1) is 11.6 Å². The SMILES string of the molecule is CCCOC(=O)CO/N=C/CCl. The van der Waals surface area contributed by atoms with Gasteiger partial charge in [-0.05, 0) is 6.42 Å². The number of carbonyl (C=O) groups excluding carboxylic acids is 1. The van der Waals surface area contributed by atoms with Gasteiger partial charge in [0.1, 0.15) is 0 Å². The Morgan fingerprint density at radius 1 is 1.67 bits per heavy atom. The van der Waals surface area contributed by atoms with Crippen molar-refractivity contribution in [3.8, 4) is 0 Å². The highest BCUT2D eigenvalue weighted by atomic mass is 35.5. The molecule has 0 amide bonds. The molecule has 0 aliphatic heterocycles. The summed E-state index contributed by atoms with van der Waals surface area (Å²) in [5, 5.41) is 3.38. The first-order valence-electron chi connectivity index (χ1n) is 3.66. The monoisotopic (exact) mass is 193 g/mol. The maximum Gasteiger partial charge on any atom is 0.347 e. The zero-order valence-electron chi connectivity index (χ0n) is 6.96. The molecule has 0 rings (SSSR count). The zero-order chi connectivity index (χ0) is 9.23. The third-order valence-corrected chi connectivity index (χ3v) is 1.01. The molecule has 0 unspecified atom stereocenters. The Morgan fingerprint density at radius 3 is 3.00 bits per heavy atom. The molecule has 4 nitrogen and oxygen atoms in total. The van der Waals surface area contributed by atoms with E-state index in [2.05, 4.69) is 9.99 Å². The Morgan fingerprint density at radius 2 is 2.42 bits per heavy atom. The molecule has 0 aromatic rings. The van der Waals surface area contributed by atoms with Crippen LogP contribution in [-0.4, -0.2) is 31.3 Å². The van der Waals surface area contributed by atoms with Crippen molar-refractivity contribution in [2.75, 3.05) is 19.1 Å². The van der Waals surface area contributed by atoms with E-state index in [4.69, 9.17) is 16.3 Å². The number of nitrogens with zero attached hydrogens (tertiary/aromatic N) is 1. The maximum absolute atomic E-state index is 10.7. The summed E-state index contributed by atoms with van der Waals surface area (Å²) in [7, 11) is 0. The lowest BCUT2D eigenvalue weighted by Gasteiger charge is -2.00. The standard InChI is InChI=1S/C7H12ClNO3/c1-2-5-11-7(10)6-12-9-4-3-8/h4H,2-3,5-6H2,1H3/b9-4+. The molecule has 0 atom stereocenters. The van der Waals surface area contributed by atoms with Crippen molar-refractivity contribution in [1.82, 2.24) is 0 Å². The van der Waals surface area contributed by atoms with Crippen LogP contribution in [0.15, 0.2) is 5.16 Å². The number of oxime groups is 1. The van der Waals surface area contributed by atoms with Crippen LogP contribution in [0.5, 0.6) is 0 Å². The summed E-state index contributed by atoms with van der Waals surface area (Å²) in [6.45, 7) is 2.18. The Bertz CT molecular complexity index is 150. The van der Waals surface area contributed by atoms with Crippen LogP contribution in [0.4, 0.5) is 0 Å². The predicted octanol–water partition coefficient (Wildman–Crippen LogP) is 1.18. The highest BCUT2D eigenvalue weighted by molar-refractivity contribution is 6.24. The minimum absolute atomic E-state index is 0.159. The summed E-state index contributed by atoms with van der Waals surface area (Å²) in [6, 6.07) is 0. The van der Waals surface area contributed by atoms with Gasteiger partial charge in [0.15, 0.2) is 0 Å². The minimum atomic E-state index is -0.413. The van der Waals surface area contributed by atoms with Crippen LogP contribution >= 0.6 is 11.6 Å². The highest BCUT2D eigenvalue weighted by Gasteiger charge is 2.00. The Labute approximate surface area is 76.5 Å². The molecular weight excluding hydrogens is 182 g/mol. The fourth-order valence-corrected chi connectivity index (χ4v) is 0.485. The van der Waals surface area contributed by atoms with Crippen LogP contribution in [-0.2, 0) is 14.4 Å². The summed E-state index contributed by atoms with van der Waals surface area (Å²) in [6.07, 6.45) is 2.16. The predicted molar refractivity (Wildman–Crippen MR) is 46.4 cm³/mol. The lowest BCUT2D eigenvalue weighted by Crippen LogP contribution is -2.11. The van der Waals surface area contributed by atoms with E-state index in [0.717, 1.165) is 6.42 Å². The van der Waals surface area contributed by atoms with E-state index in [9.17, 15) is 4.79 Å². The molecule has 0 saturated heterocycles. The third-order valence-electron chi connectivity index (χ3n) is 0.868. The number of ether oxygens (including phenoxy) is 1. The first-order valence-corrected chi connectivity index (χ1v) is 4.20. The molecule has 5 heteroatoms. The second-order valence-electron chi connectivity index (χ2n) is 1.94. The second-order valence-corrected chi connectivity index (χ2v) is 2.24. The third kappa shape index (κ3) is 7.34. The van der Waals surface area contributed by atoms with Crippen LogP contribution in [0, 0.1) is 0 Å². The molecular formula is C7H12ClNO3. The van der Waals surface area contributed by atoms with Crippen molar-refractivity contribution in [2.24, 2.45) is 5.16 Å². The second kappa shape index (κ2) is 8.33. The molecule has 0 bridgehead atoms. The van der Waals surface area contributed by atoms with E-state index in [1.165, 1.54) is 6.21 Å². The number of hydrogen-bond acceptors (Lipinski definition) is 4. The van der Waals surface area contributed by atoms with Crippen molar-refractivity contribution < 1.29 is 14.4 Å². The van der Waals surface area contributed by atoms with E-state index in [0.29, 0.717) is 6.61 Å². The van der Waals surface area contributed by atoms with Crippen molar-refractivity contribution in [2.45, 2.75) is 13.3 Å². The van der Waals surface area contributed by atoms with Gasteiger partial charge in [0.05, 0.1) is 18.7 Å². The quantitative estimate of drug-likeness (QED) is 0.276. The zero-order valence-corrected chi connectivity index (χ0v) is 7.71. The summed E-state index contributed by atoms with van der Waals surface area (Å²) in [5.74, 6) is -0.145. The molecule has 0 heterocycles. The molecule has 0 aromatic carbocycles. The molecule has 0 radical (unpaired) electrons. The smallest absolute Gasteiger partial charge is 0.347 e. The topological polar surface area (TPSA) is 47.9 Å². The van der Waals surface area contributed by atoms with E-state index in [-0.39, 0.29) is 12.5 Å². The molecule has 0 aliphatic carbocycles. The molecule has 0 aromatic heterocycles. The minimum Gasteiger partial charge on any atom is -0.463 e. The number of hydrogen-bond donors (Lipinski definition) is 0. The molecule has 12 heavy (non-hydrogen) atoms. The number of esters is 1. The molecule has 0 saturated carbocycles. The van der Waals surface area contributed by atoms with E-state index in [1.807, 2.05) is 6.92 Å². The number of carbonyl (C=O) groups is 1. The summed E-state index contributed by atoms with van der Waals surface area (Å²) >= 11 is 5.25. The molecule has 70 valence electrons. The van der Waals surface area contributed by atoms with Gasteiger partial charge in [-0.1, -0.05) is 12.1 Å². The summed E-state index contributed by atoms with van der Waals surface area (Å²) < 4.78 is 4.70. The Kier molecular flexibility index (Phi) is 7.79. The Hall–Kier alpha value is -0.770. The lowest BCUT2D eigenvalue weighted by atomic mass is 10.5. The normalized spacial score (nSPS) is 10.2. The van der Waals surface area contributed by atoms with Gasteiger partial charge in [-0.3, -0.25) is 0 Å². The van der Waals surface area contributed by atoms with Crippen molar-refractivity contribution >= 4 is 23.8 Å². The average molecular weight is 194 g/mol. The number of alkyl halides is 1. The fraction of sp³-hybridized carbons (Fsp3) is 0.714. The molecule has 0 aliphatic rings. The largest absolute Gasteiger partial charge is 0.463 e. The van der Waals surface area contributed by atoms with Crippen molar-refractivity contribution in [1.29, 1.82) is 0 Å². The van der Waals surface area contributed by atoms with Gasteiger partial charge >= 0.3 is 5.97 Å². The first kappa shape index (κ1) is 11.2. The van der Waals surface area contributed by atoms with Gasteiger partial charge < -0.3 is 9.57 Å². The van der Waals surface area contributed by atoms with Gasteiger partial charge in [0, 0.05) is 0 Å². The van der Waals surface area contributed by atoms with E-state index >= 15 is 0 Å². The van der Waals surface area contributed by atoms with Gasteiger partial charge in [-0.25, -0.2) is 4.79 Å². The van der Waals surface area contributed by atoms with Gasteiger partial charge in [-0.2, -0.15) is 0 Å². The van der Waals surface area contributed by atoms with Crippen LogP contribution in [0.25, 0.3) is 0 Å². The Balaban J connectivity index is 3.25. The van der Waals surface area contributed by atoms with Crippen LogP contribution in [0.3, 0.4) is 0 Å². The lowest BCUT2D eigenvalue weighted by molar-refractivity contribution is -0.148. The molecule has 0 fully saturated rings. The summed E-state index contributed by atoms with van der Waals surface area (Å²) in [4.78, 5) is 15.3. The first-order chi connectivity index (χ1) is 5.81. The molecule has 0 spiro atoms. The highest BCUT2D eigenvalue weighted by Crippen LogP contribution is 1.84. The van der Waals surface area contributed by atoms with Crippen LogP contribution < -0.4 is 0 Å². The van der Waals surface area contributed by atoms with Crippen molar-refractivity contribution in [3.05, 3.63) is 0 Å². The van der Waals surface area contributed by atoms with Crippen molar-refractivity contribution in [3.63, 3.8) is 0 Å². The molecule has 0 N–H and O–H groups in total. The van der Waals surface area contributed by atoms with E-state index in [1.54, 1.807) is 0 Å². The maximum atomic E-state index is 10.7. The average Bonchev–Trinajstić information content (AvgIpc) is 2.09. The van der Waals surface area contributed by atoms with Crippen LogP contribution in [0.2, 0.25) is 0 Å². The van der Waals surface area contributed by atoms with Crippen LogP contribution in [0.1, 0.15) is 13.3 Å². The van der Waals surface area contributed by atoms with E-state index < -0.39 is 5.97 Å². The van der Waals surface area contributed by atoms with Gasteiger partial charge in [0.2, 0.25) is 6.61 Å². The fourth-order valence-electron chi connectivity index (χ4n) is 0.428. The number of rotatable bonds is 6. The number of halogens is 1.